The highest BCUT2D eigenvalue weighted by Crippen LogP contribution is 2.47. The Labute approximate surface area is 178 Å². The third-order valence-corrected chi connectivity index (χ3v) is 5.28. The van der Waals surface area contributed by atoms with E-state index in [-0.39, 0.29) is 11.6 Å². The van der Waals surface area contributed by atoms with Crippen LogP contribution in [0.2, 0.25) is 0 Å². The van der Waals surface area contributed by atoms with Gasteiger partial charge in [-0.3, -0.25) is 4.90 Å². The number of nitriles is 1. The van der Waals surface area contributed by atoms with Gasteiger partial charge in [0.1, 0.15) is 17.4 Å². The third-order valence-electron chi connectivity index (χ3n) is 5.28. The Hall–Kier alpha value is -2.95. The second-order valence-corrected chi connectivity index (χ2v) is 9.14. The minimum atomic E-state index is -0.516. The Morgan fingerprint density at radius 3 is 2.53 bits per heavy atom. The minimum absolute atomic E-state index is 0.208. The molecule has 0 aromatic heterocycles. The minimum Gasteiger partial charge on any atom is -0.495 e. The molecule has 1 aliphatic carbocycles. The van der Waals surface area contributed by atoms with E-state index in [1.165, 1.54) is 0 Å². The molecular formula is C22H31N5O3. The van der Waals surface area contributed by atoms with E-state index in [4.69, 9.17) is 9.47 Å². The van der Waals surface area contributed by atoms with E-state index in [9.17, 15) is 10.1 Å². The Morgan fingerprint density at radius 1 is 1.30 bits per heavy atom. The van der Waals surface area contributed by atoms with Crippen molar-refractivity contribution in [2.24, 2.45) is 4.99 Å². The maximum Gasteiger partial charge on any atom is 0.410 e. The van der Waals surface area contributed by atoms with Crippen LogP contribution in [0.25, 0.3) is 0 Å². The fraction of sp³-hybridized carbons (Fsp3) is 0.591. The summed E-state index contributed by atoms with van der Waals surface area (Å²) in [6.07, 6.45) is 3.30. The van der Waals surface area contributed by atoms with Crippen molar-refractivity contribution in [1.82, 2.24) is 9.80 Å². The summed E-state index contributed by atoms with van der Waals surface area (Å²) >= 11 is 0. The maximum absolute atomic E-state index is 12.7. The van der Waals surface area contributed by atoms with Gasteiger partial charge in [0, 0.05) is 39.8 Å². The van der Waals surface area contributed by atoms with Crippen molar-refractivity contribution in [3.8, 4) is 11.8 Å². The summed E-state index contributed by atoms with van der Waals surface area (Å²) in [7, 11) is 5.37. The first-order valence-electron chi connectivity index (χ1n) is 10.2. The molecule has 0 atom stereocenters. The van der Waals surface area contributed by atoms with Gasteiger partial charge in [-0.2, -0.15) is 5.26 Å². The van der Waals surface area contributed by atoms with E-state index in [1.54, 1.807) is 19.5 Å². The maximum atomic E-state index is 12.7. The van der Waals surface area contributed by atoms with Gasteiger partial charge in [0.25, 0.3) is 0 Å². The quantitative estimate of drug-likeness (QED) is 0.556. The van der Waals surface area contributed by atoms with Crippen LogP contribution < -0.4 is 9.64 Å². The zero-order chi connectivity index (χ0) is 22.1. The van der Waals surface area contributed by atoms with Crippen molar-refractivity contribution in [2.45, 2.75) is 44.8 Å². The van der Waals surface area contributed by atoms with Crippen LogP contribution in [0.3, 0.4) is 0 Å². The Balaban J connectivity index is 1.86. The highest BCUT2D eigenvalue weighted by atomic mass is 16.6. The molecule has 2 fully saturated rings. The van der Waals surface area contributed by atoms with Gasteiger partial charge in [-0.25, -0.2) is 9.79 Å². The van der Waals surface area contributed by atoms with Crippen molar-refractivity contribution in [3.05, 3.63) is 17.7 Å². The number of nitrogens with zero attached hydrogens (tertiary/aromatic N) is 5. The van der Waals surface area contributed by atoms with Crippen LogP contribution in [0.15, 0.2) is 17.1 Å². The fourth-order valence-electron chi connectivity index (χ4n) is 3.70. The smallest absolute Gasteiger partial charge is 0.410 e. The number of rotatable bonds is 4. The monoisotopic (exact) mass is 413 g/mol. The number of amides is 1. The second-order valence-electron chi connectivity index (χ2n) is 9.14. The lowest BCUT2D eigenvalue weighted by Crippen LogP contribution is -2.58. The Kier molecular flexibility index (Phi) is 5.84. The number of hydrogen-bond donors (Lipinski definition) is 0. The van der Waals surface area contributed by atoms with Crippen LogP contribution in [0.1, 0.15) is 39.2 Å². The largest absolute Gasteiger partial charge is 0.495 e. The van der Waals surface area contributed by atoms with Gasteiger partial charge in [-0.05, 0) is 39.7 Å². The lowest BCUT2D eigenvalue weighted by atomic mass is 10.1. The van der Waals surface area contributed by atoms with Crippen LogP contribution in [0, 0.1) is 11.3 Å². The Morgan fingerprint density at radius 2 is 2.00 bits per heavy atom. The predicted octanol–water partition coefficient (Wildman–Crippen LogP) is 3.38. The van der Waals surface area contributed by atoms with Gasteiger partial charge in [-0.1, -0.05) is 0 Å². The molecule has 0 radical (unpaired) electrons. The summed E-state index contributed by atoms with van der Waals surface area (Å²) in [4.78, 5) is 23.0. The van der Waals surface area contributed by atoms with Gasteiger partial charge in [0.15, 0.2) is 0 Å². The number of ether oxygens (including phenoxy) is 2. The molecule has 0 N–H and O–H groups in total. The lowest BCUT2D eigenvalue weighted by Gasteiger charge is -2.43. The van der Waals surface area contributed by atoms with Crippen LogP contribution in [0.4, 0.5) is 16.2 Å². The van der Waals surface area contributed by atoms with Crippen LogP contribution in [0.5, 0.6) is 5.75 Å². The summed E-state index contributed by atoms with van der Waals surface area (Å²) in [5, 5.41) is 9.64. The highest BCUT2D eigenvalue weighted by Gasteiger charge is 2.54. The topological polar surface area (TPSA) is 81.4 Å². The fourth-order valence-corrected chi connectivity index (χ4v) is 3.70. The molecule has 1 spiro atoms. The molecule has 8 nitrogen and oxygen atoms in total. The van der Waals surface area contributed by atoms with E-state index in [1.807, 2.05) is 50.7 Å². The summed E-state index contributed by atoms with van der Waals surface area (Å²) in [5.41, 5.74) is 1.19. The molecule has 1 saturated heterocycles. The number of anilines is 1. The summed E-state index contributed by atoms with van der Waals surface area (Å²) in [5.74, 6) is 0.668. The summed E-state index contributed by atoms with van der Waals surface area (Å²) < 4.78 is 11.2. The normalized spacial score (nSPS) is 17.8. The second kappa shape index (κ2) is 8.05. The first kappa shape index (κ1) is 21.8. The van der Waals surface area contributed by atoms with E-state index in [0.717, 1.165) is 18.5 Å². The Bertz CT molecular complexity index is 878. The molecule has 8 heteroatoms. The van der Waals surface area contributed by atoms with Gasteiger partial charge in [0.2, 0.25) is 0 Å². The zero-order valence-corrected chi connectivity index (χ0v) is 18.7. The first-order chi connectivity index (χ1) is 14.1. The number of aliphatic imine (C=N–C) groups is 1. The number of piperazine rings is 1. The number of carbonyl (C=O) groups is 1. The molecule has 3 rings (SSSR count). The van der Waals surface area contributed by atoms with E-state index in [0.29, 0.717) is 36.6 Å². The van der Waals surface area contributed by atoms with Crippen LogP contribution in [-0.2, 0) is 4.74 Å². The van der Waals surface area contributed by atoms with Gasteiger partial charge >= 0.3 is 6.09 Å². The molecule has 1 aromatic rings. The van der Waals surface area contributed by atoms with E-state index < -0.39 is 5.60 Å². The summed E-state index contributed by atoms with van der Waals surface area (Å²) in [6, 6.07) is 5.87. The lowest BCUT2D eigenvalue weighted by molar-refractivity contribution is 0.0106. The summed E-state index contributed by atoms with van der Waals surface area (Å²) in [6.45, 7) is 7.55. The molecule has 1 saturated carbocycles. The van der Waals surface area contributed by atoms with Crippen LogP contribution in [-0.4, -0.2) is 74.2 Å². The van der Waals surface area contributed by atoms with E-state index >= 15 is 0 Å². The van der Waals surface area contributed by atoms with Crippen molar-refractivity contribution < 1.29 is 14.3 Å². The number of carbonyl (C=O) groups excluding carboxylic acids is 1. The SMILES string of the molecule is COc1cc(N=CN(C)C)c(C#N)cc1N1CCN(C(=O)OC(C)(C)C)C2(CC2)C1. The highest BCUT2D eigenvalue weighted by molar-refractivity contribution is 5.75. The van der Waals surface area contributed by atoms with Crippen LogP contribution >= 0.6 is 0 Å². The average molecular weight is 414 g/mol. The standard InChI is InChI=1S/C22H31N5O3/c1-21(2,3)30-20(28)27-10-9-26(14-22(27)7-8-22)18-11-16(13-23)17(12-19(18)29-6)24-15-25(4)5/h11-12,15H,7-10,14H2,1-6H3. The van der Waals surface area contributed by atoms with Crippen molar-refractivity contribution >= 4 is 23.8 Å². The van der Waals surface area contributed by atoms with Crippen molar-refractivity contribution in [2.75, 3.05) is 45.7 Å². The van der Waals surface area contributed by atoms with Gasteiger partial charge < -0.3 is 19.3 Å². The average Bonchev–Trinajstić information content (AvgIpc) is 3.43. The molecule has 0 bridgehead atoms. The van der Waals surface area contributed by atoms with Gasteiger partial charge in [0.05, 0.1) is 35.9 Å². The third kappa shape index (κ3) is 4.61. The van der Waals surface area contributed by atoms with E-state index in [2.05, 4.69) is 16.0 Å². The van der Waals surface area contributed by atoms with Gasteiger partial charge in [-0.15, -0.1) is 0 Å². The molecular weight excluding hydrogens is 382 g/mol. The zero-order valence-electron chi connectivity index (χ0n) is 18.7. The first-order valence-corrected chi connectivity index (χ1v) is 10.2. The number of methoxy groups -OCH3 is 1. The number of benzene rings is 1. The van der Waals surface area contributed by atoms with Crippen molar-refractivity contribution in [1.29, 1.82) is 5.26 Å². The molecule has 1 amide bonds. The molecule has 1 aromatic carbocycles. The molecule has 0 unspecified atom stereocenters. The molecule has 30 heavy (non-hydrogen) atoms. The number of hydrogen-bond acceptors (Lipinski definition) is 6. The molecule has 162 valence electrons. The molecule has 1 aliphatic heterocycles. The van der Waals surface area contributed by atoms with Crippen molar-refractivity contribution in [3.63, 3.8) is 0 Å². The predicted molar refractivity (Wildman–Crippen MR) is 117 cm³/mol. The molecule has 2 aliphatic rings. The molecule has 1 heterocycles.